The van der Waals surface area contributed by atoms with Gasteiger partial charge in [0.15, 0.2) is 5.78 Å². The van der Waals surface area contributed by atoms with Crippen molar-refractivity contribution >= 4 is 29.0 Å². The van der Waals surface area contributed by atoms with Crippen LogP contribution in [0.25, 0.3) is 0 Å². The number of hydrogen-bond acceptors (Lipinski definition) is 6. The monoisotopic (exact) mass is 594 g/mol. The van der Waals surface area contributed by atoms with Crippen molar-refractivity contribution in [2.75, 3.05) is 30.5 Å². The van der Waals surface area contributed by atoms with E-state index in [2.05, 4.69) is 5.32 Å². The van der Waals surface area contributed by atoms with Crippen LogP contribution in [0.15, 0.2) is 115 Å². The van der Waals surface area contributed by atoms with Crippen LogP contribution in [0.1, 0.15) is 34.8 Å². The summed E-state index contributed by atoms with van der Waals surface area (Å²) in [5.41, 5.74) is 2.62. The third kappa shape index (κ3) is 8.41. The molecule has 44 heavy (non-hydrogen) atoms. The number of para-hydroxylation sites is 2. The first-order chi connectivity index (χ1) is 21.4. The topological polar surface area (TPSA) is 84.9 Å². The lowest BCUT2D eigenvalue weighted by atomic mass is 10.00. The van der Waals surface area contributed by atoms with Gasteiger partial charge in [0.05, 0.1) is 19.4 Å². The second-order valence-electron chi connectivity index (χ2n) is 9.95. The molecule has 0 aliphatic carbocycles. The van der Waals surface area contributed by atoms with Gasteiger partial charge >= 0.3 is 5.97 Å². The largest absolute Gasteiger partial charge is 0.494 e. The van der Waals surface area contributed by atoms with Gasteiger partial charge < -0.3 is 19.7 Å². The van der Waals surface area contributed by atoms with Gasteiger partial charge in [0.1, 0.15) is 17.6 Å². The highest BCUT2D eigenvalue weighted by atomic mass is 19.1. The zero-order valence-corrected chi connectivity index (χ0v) is 24.7. The van der Waals surface area contributed by atoms with Gasteiger partial charge in [-0.05, 0) is 61.4 Å². The molecular weight excluding hydrogens is 559 g/mol. The Morgan fingerprint density at radius 3 is 2.27 bits per heavy atom. The summed E-state index contributed by atoms with van der Waals surface area (Å²) in [6.07, 6.45) is 3.82. The normalized spacial score (nSPS) is 11.5. The number of carbonyl (C=O) groups is 3. The van der Waals surface area contributed by atoms with E-state index in [4.69, 9.17) is 9.47 Å². The molecule has 0 saturated heterocycles. The Kier molecular flexibility index (Phi) is 11.4. The predicted molar refractivity (Wildman–Crippen MR) is 170 cm³/mol. The first-order valence-corrected chi connectivity index (χ1v) is 14.3. The lowest BCUT2D eigenvalue weighted by molar-refractivity contribution is -0.141. The lowest BCUT2D eigenvalue weighted by Crippen LogP contribution is -2.33. The van der Waals surface area contributed by atoms with Crippen molar-refractivity contribution in [3.05, 3.63) is 138 Å². The Hall–Kier alpha value is -5.24. The number of nitrogens with one attached hydrogen (secondary N) is 1. The Morgan fingerprint density at radius 1 is 0.886 bits per heavy atom. The molecule has 0 aliphatic heterocycles. The number of methoxy groups -OCH3 is 1. The molecule has 0 bridgehead atoms. The highest BCUT2D eigenvalue weighted by Crippen LogP contribution is 2.23. The van der Waals surface area contributed by atoms with Crippen LogP contribution in [0.5, 0.6) is 5.75 Å². The summed E-state index contributed by atoms with van der Waals surface area (Å²) in [5.74, 6) is -0.760. The fraction of sp³-hybridized carbons (Fsp3) is 0.194. The molecular formula is C36H35FN2O5. The van der Waals surface area contributed by atoms with E-state index in [0.717, 1.165) is 5.56 Å². The number of amides is 1. The van der Waals surface area contributed by atoms with Crippen LogP contribution >= 0.6 is 0 Å². The summed E-state index contributed by atoms with van der Waals surface area (Å²) in [6, 6.07) is 28.8. The van der Waals surface area contributed by atoms with Gasteiger partial charge in [0.25, 0.3) is 5.91 Å². The number of hydrogen-bond donors (Lipinski definition) is 1. The van der Waals surface area contributed by atoms with Crippen LogP contribution in [-0.2, 0) is 20.7 Å². The number of allylic oxidation sites excluding steroid dienone is 1. The number of carbonyl (C=O) groups excluding carboxylic acids is 3. The van der Waals surface area contributed by atoms with Crippen LogP contribution in [0, 0.1) is 5.82 Å². The average Bonchev–Trinajstić information content (AvgIpc) is 3.05. The average molecular weight is 595 g/mol. The van der Waals surface area contributed by atoms with Crippen LogP contribution in [0.4, 0.5) is 15.8 Å². The van der Waals surface area contributed by atoms with E-state index in [9.17, 15) is 18.8 Å². The molecule has 1 atom stereocenters. The number of anilines is 2. The Morgan fingerprint density at radius 2 is 1.57 bits per heavy atom. The third-order valence-electron chi connectivity index (χ3n) is 6.90. The maximum absolute atomic E-state index is 14.4. The maximum atomic E-state index is 14.4. The first-order valence-electron chi connectivity index (χ1n) is 14.3. The highest BCUT2D eigenvalue weighted by Gasteiger charge is 2.23. The summed E-state index contributed by atoms with van der Waals surface area (Å²) in [7, 11) is 1.33. The fourth-order valence-electron chi connectivity index (χ4n) is 4.70. The van der Waals surface area contributed by atoms with Crippen LogP contribution in [0.2, 0.25) is 0 Å². The van der Waals surface area contributed by atoms with Crippen molar-refractivity contribution < 1.29 is 28.2 Å². The molecule has 1 amide bonds. The van der Waals surface area contributed by atoms with Gasteiger partial charge in [0.2, 0.25) is 0 Å². The first kappa shape index (κ1) is 31.7. The van der Waals surface area contributed by atoms with E-state index in [1.165, 1.54) is 24.2 Å². The molecule has 226 valence electrons. The smallest absolute Gasteiger partial charge is 0.328 e. The number of ketones is 1. The second kappa shape index (κ2) is 15.8. The zero-order valence-electron chi connectivity index (χ0n) is 24.7. The molecule has 0 unspecified atom stereocenters. The molecule has 0 aliphatic rings. The van der Waals surface area contributed by atoms with Crippen molar-refractivity contribution in [1.82, 2.24) is 0 Å². The molecule has 0 fully saturated rings. The molecule has 1 N–H and O–H groups in total. The van der Waals surface area contributed by atoms with E-state index in [0.29, 0.717) is 42.0 Å². The Bertz CT molecular complexity index is 1590. The molecule has 0 aromatic heterocycles. The predicted octanol–water partition coefficient (Wildman–Crippen LogP) is 6.63. The van der Waals surface area contributed by atoms with Crippen molar-refractivity contribution in [3.8, 4) is 5.75 Å². The molecule has 4 aromatic carbocycles. The van der Waals surface area contributed by atoms with Gasteiger partial charge in [0, 0.05) is 29.8 Å². The summed E-state index contributed by atoms with van der Waals surface area (Å²) < 4.78 is 25.3. The minimum atomic E-state index is -0.740. The summed E-state index contributed by atoms with van der Waals surface area (Å²) in [4.78, 5) is 39.9. The van der Waals surface area contributed by atoms with Crippen LogP contribution in [0.3, 0.4) is 0 Å². The second-order valence-corrected chi connectivity index (χ2v) is 9.95. The summed E-state index contributed by atoms with van der Waals surface area (Å²) >= 11 is 0. The number of benzene rings is 4. The zero-order chi connectivity index (χ0) is 31.3. The molecule has 4 aromatic rings. The van der Waals surface area contributed by atoms with Crippen LogP contribution in [-0.4, -0.2) is 44.0 Å². The molecule has 0 radical (unpaired) electrons. The molecule has 4 rings (SSSR count). The number of halogens is 1. The van der Waals surface area contributed by atoms with Crippen molar-refractivity contribution in [2.24, 2.45) is 0 Å². The van der Waals surface area contributed by atoms with Crippen molar-refractivity contribution in [2.45, 2.75) is 25.8 Å². The van der Waals surface area contributed by atoms with Crippen molar-refractivity contribution in [3.63, 3.8) is 0 Å². The molecule has 0 saturated carbocycles. The maximum Gasteiger partial charge on any atom is 0.328 e. The third-order valence-corrected chi connectivity index (χ3v) is 6.90. The van der Waals surface area contributed by atoms with Gasteiger partial charge in [-0.15, -0.1) is 0 Å². The molecule has 7 nitrogen and oxygen atoms in total. The van der Waals surface area contributed by atoms with Gasteiger partial charge in [-0.1, -0.05) is 72.8 Å². The number of nitrogens with zero attached hydrogens (tertiary/aromatic N) is 1. The number of rotatable bonds is 14. The van der Waals surface area contributed by atoms with Crippen LogP contribution < -0.4 is 15.0 Å². The van der Waals surface area contributed by atoms with Gasteiger partial charge in [-0.25, -0.2) is 9.18 Å². The Labute approximate surface area is 256 Å². The Balaban J connectivity index is 1.37. The summed E-state index contributed by atoms with van der Waals surface area (Å²) in [5, 5.41) is 3.21. The van der Waals surface area contributed by atoms with E-state index < -0.39 is 17.8 Å². The number of ether oxygens (including phenoxy) is 2. The standard InChI is InChI=1S/C36H35FN2O5/c1-3-12-34(40)39(33-18-10-8-16-30(33)37)23-11-24-44-28-21-19-26(20-22-28)25-32(36(42)43-2)38-31-17-9-7-15-29(31)35(41)27-13-5-4-6-14-27/h3-10,12-22,32,38H,11,23-25H2,1-2H3/t32-/m0/s1. The van der Waals surface area contributed by atoms with E-state index in [1.54, 1.807) is 91.9 Å². The quantitative estimate of drug-likeness (QED) is 0.0764. The van der Waals surface area contributed by atoms with E-state index in [1.807, 2.05) is 18.2 Å². The fourth-order valence-corrected chi connectivity index (χ4v) is 4.70. The summed E-state index contributed by atoms with van der Waals surface area (Å²) in [6.45, 7) is 2.33. The SMILES string of the molecule is CC=CC(=O)N(CCCOc1ccc(C[C@H](Nc2ccccc2C(=O)c2ccccc2)C(=O)OC)cc1)c1ccccc1F. The minimum absolute atomic E-state index is 0.151. The molecule has 0 spiro atoms. The molecule has 8 heteroatoms. The lowest BCUT2D eigenvalue weighted by Gasteiger charge is -2.22. The van der Waals surface area contributed by atoms with E-state index in [-0.39, 0.29) is 23.9 Å². The van der Waals surface area contributed by atoms with Gasteiger partial charge in [-0.2, -0.15) is 0 Å². The minimum Gasteiger partial charge on any atom is -0.494 e. The van der Waals surface area contributed by atoms with Gasteiger partial charge in [-0.3, -0.25) is 9.59 Å². The van der Waals surface area contributed by atoms with E-state index >= 15 is 0 Å². The van der Waals surface area contributed by atoms with Crippen molar-refractivity contribution in [1.29, 1.82) is 0 Å². The number of esters is 1. The molecule has 0 heterocycles. The highest BCUT2D eigenvalue weighted by molar-refractivity contribution is 6.12.